The molecule has 0 aromatic heterocycles. The van der Waals surface area contributed by atoms with Crippen molar-refractivity contribution in [2.75, 3.05) is 13.2 Å². The number of allylic oxidation sites excluding steroid dienone is 2. The number of carboxylic acids is 1. The molecular formula is C30H50O7. The quantitative estimate of drug-likeness (QED) is 0.186. The van der Waals surface area contributed by atoms with Gasteiger partial charge in [-0.3, -0.25) is 4.79 Å². The monoisotopic (exact) mass is 522 g/mol. The Morgan fingerprint density at radius 1 is 1.03 bits per heavy atom. The molecule has 3 fully saturated rings. The molecule has 3 rings (SSSR count). The molecule has 7 atom stereocenters. The van der Waals surface area contributed by atoms with Crippen LogP contribution < -0.4 is 0 Å². The summed E-state index contributed by atoms with van der Waals surface area (Å²) in [4.78, 5) is 10.8. The second-order valence-corrected chi connectivity index (χ2v) is 10.9. The van der Waals surface area contributed by atoms with Gasteiger partial charge in [0.05, 0.1) is 18.3 Å². The summed E-state index contributed by atoms with van der Waals surface area (Å²) >= 11 is 0. The minimum atomic E-state index is -0.760. The van der Waals surface area contributed by atoms with Crippen LogP contribution in [0.5, 0.6) is 0 Å². The lowest BCUT2D eigenvalue weighted by molar-refractivity contribution is -0.193. The zero-order valence-electron chi connectivity index (χ0n) is 22.8. The minimum Gasteiger partial charge on any atom is -0.481 e. The molecule has 0 bridgehead atoms. The summed E-state index contributed by atoms with van der Waals surface area (Å²) in [6.07, 6.45) is 21.3. The van der Waals surface area contributed by atoms with Crippen LogP contribution in [0.3, 0.4) is 0 Å². The predicted molar refractivity (Wildman–Crippen MR) is 143 cm³/mol. The smallest absolute Gasteiger partial charge is 0.303 e. The normalized spacial score (nSPS) is 31.8. The van der Waals surface area contributed by atoms with Crippen LogP contribution in [0.1, 0.15) is 103 Å². The van der Waals surface area contributed by atoms with E-state index >= 15 is 0 Å². The number of ether oxygens (including phenoxy) is 4. The van der Waals surface area contributed by atoms with E-state index in [0.29, 0.717) is 12.8 Å². The van der Waals surface area contributed by atoms with Crippen LogP contribution in [-0.4, -0.2) is 60.3 Å². The largest absolute Gasteiger partial charge is 0.481 e. The molecule has 1 aliphatic carbocycles. The summed E-state index contributed by atoms with van der Waals surface area (Å²) in [6, 6.07) is 0. The van der Waals surface area contributed by atoms with E-state index in [1.54, 1.807) is 0 Å². The fourth-order valence-electron chi connectivity index (χ4n) is 5.66. The molecule has 1 saturated carbocycles. The molecule has 2 heterocycles. The first kappa shape index (κ1) is 30.3. The zero-order chi connectivity index (χ0) is 26.3. The average Bonchev–Trinajstić information content (AvgIpc) is 3.19. The van der Waals surface area contributed by atoms with Crippen LogP contribution in [-0.2, 0) is 23.7 Å². The summed E-state index contributed by atoms with van der Waals surface area (Å²) in [5.41, 5.74) is 0. The Morgan fingerprint density at radius 2 is 1.78 bits per heavy atom. The summed E-state index contributed by atoms with van der Waals surface area (Å²) in [5.74, 6) is -0.652. The second kappa shape index (κ2) is 17.4. The molecule has 2 saturated heterocycles. The Balaban J connectivity index is 1.66. The van der Waals surface area contributed by atoms with Gasteiger partial charge in [0.1, 0.15) is 0 Å². The number of aliphatic hydroxyl groups is 1. The van der Waals surface area contributed by atoms with Gasteiger partial charge >= 0.3 is 5.97 Å². The highest BCUT2D eigenvalue weighted by Gasteiger charge is 2.42. The number of rotatable bonds is 16. The third-order valence-electron chi connectivity index (χ3n) is 7.80. The molecule has 2 aliphatic heterocycles. The van der Waals surface area contributed by atoms with Crippen molar-refractivity contribution in [1.29, 1.82) is 0 Å². The average molecular weight is 523 g/mol. The fraction of sp³-hybridized carbons (Fsp3) is 0.833. The number of hydrogen-bond donors (Lipinski definition) is 2. The van der Waals surface area contributed by atoms with Crippen molar-refractivity contribution in [3.05, 3.63) is 24.3 Å². The summed E-state index contributed by atoms with van der Waals surface area (Å²) in [7, 11) is 0. The van der Waals surface area contributed by atoms with Crippen molar-refractivity contribution in [3.63, 3.8) is 0 Å². The van der Waals surface area contributed by atoms with Crippen LogP contribution in [0, 0.1) is 11.8 Å². The van der Waals surface area contributed by atoms with Crippen LogP contribution >= 0.6 is 0 Å². The van der Waals surface area contributed by atoms with Crippen LogP contribution in [0.15, 0.2) is 24.3 Å². The van der Waals surface area contributed by atoms with Crippen LogP contribution in [0.2, 0.25) is 0 Å². The molecule has 2 N–H and O–H groups in total. The van der Waals surface area contributed by atoms with Crippen molar-refractivity contribution < 1.29 is 34.0 Å². The third-order valence-corrected chi connectivity index (χ3v) is 7.80. The van der Waals surface area contributed by atoms with Gasteiger partial charge in [-0.05, 0) is 70.1 Å². The molecule has 7 heteroatoms. The molecule has 0 aromatic rings. The van der Waals surface area contributed by atoms with Gasteiger partial charge in [0, 0.05) is 32.0 Å². The molecule has 0 spiro atoms. The lowest BCUT2D eigenvalue weighted by Gasteiger charge is -2.30. The van der Waals surface area contributed by atoms with Gasteiger partial charge in [0.25, 0.3) is 0 Å². The van der Waals surface area contributed by atoms with E-state index in [1.165, 1.54) is 12.8 Å². The topological polar surface area (TPSA) is 94.5 Å². The van der Waals surface area contributed by atoms with Gasteiger partial charge in [-0.1, -0.05) is 50.5 Å². The maximum absolute atomic E-state index is 11.0. The van der Waals surface area contributed by atoms with E-state index in [1.807, 2.05) is 6.08 Å². The molecular weight excluding hydrogens is 472 g/mol. The van der Waals surface area contributed by atoms with Crippen molar-refractivity contribution >= 4 is 5.97 Å². The van der Waals surface area contributed by atoms with Gasteiger partial charge in [0.2, 0.25) is 0 Å². The molecule has 0 aromatic carbocycles. The Hall–Kier alpha value is -1.25. The Kier molecular flexibility index (Phi) is 14.2. The highest BCUT2D eigenvalue weighted by molar-refractivity contribution is 5.66. The molecule has 0 amide bonds. The maximum atomic E-state index is 11.0. The number of aliphatic carboxylic acids is 1. The molecule has 3 aliphatic rings. The van der Waals surface area contributed by atoms with Gasteiger partial charge in [0.15, 0.2) is 12.6 Å². The molecule has 37 heavy (non-hydrogen) atoms. The Labute approximate surface area is 223 Å². The van der Waals surface area contributed by atoms with Gasteiger partial charge in [-0.25, -0.2) is 0 Å². The van der Waals surface area contributed by atoms with E-state index in [-0.39, 0.29) is 43.0 Å². The first-order valence-electron chi connectivity index (χ1n) is 14.8. The van der Waals surface area contributed by atoms with Gasteiger partial charge in [-0.2, -0.15) is 0 Å². The Bertz CT molecular complexity index is 681. The molecule has 0 radical (unpaired) electrons. The molecule has 212 valence electrons. The maximum Gasteiger partial charge on any atom is 0.303 e. The number of carbonyl (C=O) groups is 1. The standard InChI is InChI=1S/C30H50O7/c1-2-3-6-13-23(36-29-16-9-11-20-34-29)18-19-25-24(14-7-4-5-8-15-28(32)33)26(31)22-27(25)37-30-17-10-12-21-35-30/h4,7,18-19,23-27,29-31H,2-3,5-6,8-17,20-22H2,1H3,(H,32,33)/b7-4+,19-18?/t23-,24+,25+,26-,27+,29?,30?/m0/s1. The third kappa shape index (κ3) is 11.2. The SMILES string of the molecule is CCCCC[C@@H](C=C[C@@H]1[C@@H](C/C=C/CCCC(=O)O)[C@@H](O)C[C@H]1OC1CCCCO1)OC1CCCCO1. The first-order chi connectivity index (χ1) is 18.1. The summed E-state index contributed by atoms with van der Waals surface area (Å²) in [5, 5.41) is 19.9. The van der Waals surface area contributed by atoms with E-state index in [9.17, 15) is 9.90 Å². The van der Waals surface area contributed by atoms with Crippen molar-refractivity contribution in [3.8, 4) is 0 Å². The predicted octanol–water partition coefficient (Wildman–Crippen LogP) is 6.14. The lowest BCUT2D eigenvalue weighted by Crippen LogP contribution is -2.31. The van der Waals surface area contributed by atoms with E-state index in [4.69, 9.17) is 24.1 Å². The molecule has 7 nitrogen and oxygen atoms in total. The van der Waals surface area contributed by atoms with E-state index in [2.05, 4.69) is 25.2 Å². The molecule has 2 unspecified atom stereocenters. The van der Waals surface area contributed by atoms with E-state index < -0.39 is 12.1 Å². The number of aliphatic hydroxyl groups excluding tert-OH is 1. The Morgan fingerprint density at radius 3 is 2.46 bits per heavy atom. The second-order valence-electron chi connectivity index (χ2n) is 10.9. The number of carboxylic acid groups (broad SMARTS) is 1. The first-order valence-corrected chi connectivity index (χ1v) is 14.8. The van der Waals surface area contributed by atoms with Gasteiger partial charge < -0.3 is 29.2 Å². The van der Waals surface area contributed by atoms with Crippen LogP contribution in [0.4, 0.5) is 0 Å². The number of unbranched alkanes of at least 4 members (excludes halogenated alkanes) is 3. The fourth-order valence-corrected chi connectivity index (χ4v) is 5.66. The van der Waals surface area contributed by atoms with Crippen LogP contribution in [0.25, 0.3) is 0 Å². The number of hydrogen-bond acceptors (Lipinski definition) is 6. The zero-order valence-corrected chi connectivity index (χ0v) is 22.8. The van der Waals surface area contributed by atoms with Crippen molar-refractivity contribution in [1.82, 2.24) is 0 Å². The highest BCUT2D eigenvalue weighted by Crippen LogP contribution is 2.39. The van der Waals surface area contributed by atoms with Gasteiger partial charge in [-0.15, -0.1) is 0 Å². The lowest BCUT2D eigenvalue weighted by atomic mass is 9.89. The highest BCUT2D eigenvalue weighted by atomic mass is 16.7. The van der Waals surface area contributed by atoms with E-state index in [0.717, 1.165) is 77.4 Å². The van der Waals surface area contributed by atoms with Crippen molar-refractivity contribution in [2.45, 2.75) is 134 Å². The van der Waals surface area contributed by atoms with Crippen molar-refractivity contribution in [2.24, 2.45) is 11.8 Å². The minimum absolute atomic E-state index is 0.00816. The summed E-state index contributed by atoms with van der Waals surface area (Å²) < 4.78 is 24.5. The summed E-state index contributed by atoms with van der Waals surface area (Å²) in [6.45, 7) is 3.71.